The Kier molecular flexibility index (Phi) is 8.77. The second-order valence-electron chi connectivity index (χ2n) is 10.9. The van der Waals surface area contributed by atoms with Gasteiger partial charge in [-0.3, -0.25) is 0 Å². The first-order valence-corrected chi connectivity index (χ1v) is 15.8. The number of aliphatic hydroxyl groups is 1. The van der Waals surface area contributed by atoms with Crippen molar-refractivity contribution in [3.05, 3.63) is 96.8 Å². The van der Waals surface area contributed by atoms with Crippen molar-refractivity contribution in [1.29, 1.82) is 0 Å². The topological polar surface area (TPSA) is 73.1 Å². The molecule has 0 radical (unpaired) electrons. The van der Waals surface area contributed by atoms with Gasteiger partial charge in [0.15, 0.2) is 0 Å². The van der Waals surface area contributed by atoms with Crippen LogP contribution in [0.5, 0.6) is 0 Å². The van der Waals surface area contributed by atoms with E-state index < -0.39 is 0 Å². The predicted octanol–water partition coefficient (Wildman–Crippen LogP) is 8.05. The van der Waals surface area contributed by atoms with Crippen LogP contribution in [0.3, 0.4) is 0 Å². The predicted molar refractivity (Wildman–Crippen MR) is 179 cm³/mol. The average molecular weight is 561 g/mol. The van der Waals surface area contributed by atoms with Gasteiger partial charge in [0.1, 0.15) is 0 Å². The molecule has 5 nitrogen and oxygen atoms in total. The van der Waals surface area contributed by atoms with E-state index in [4.69, 9.17) is 15.0 Å². The maximum Gasteiger partial charge on any atom is 0.0791 e. The molecule has 4 aliphatic heterocycles. The fourth-order valence-corrected chi connectivity index (χ4v) is 6.88. The van der Waals surface area contributed by atoms with Crippen LogP contribution in [0.25, 0.3) is 18.2 Å². The number of hydrogen-bond donors (Lipinski definition) is 2. The Morgan fingerprint density at radius 1 is 0.571 bits per heavy atom. The molecule has 0 unspecified atom stereocenters. The van der Waals surface area contributed by atoms with Crippen LogP contribution in [0.15, 0.2) is 90.0 Å². The Morgan fingerprint density at radius 3 is 1.40 bits per heavy atom. The van der Waals surface area contributed by atoms with Crippen molar-refractivity contribution in [2.75, 3.05) is 0 Å². The average Bonchev–Trinajstić information content (AvgIpc) is 3.71. The molecule has 0 aliphatic carbocycles. The first kappa shape index (κ1) is 29.5. The van der Waals surface area contributed by atoms with Crippen molar-refractivity contribution in [3.8, 4) is 0 Å². The molecule has 4 aliphatic rings. The van der Waals surface area contributed by atoms with Crippen LogP contribution in [0, 0.1) is 0 Å². The van der Waals surface area contributed by atoms with Crippen LogP contribution in [0.1, 0.15) is 98.2 Å². The number of allylic oxidation sites excluding steroid dienone is 9. The largest absolute Gasteiger partial charge is 0.516 e. The van der Waals surface area contributed by atoms with Crippen molar-refractivity contribution in [3.63, 3.8) is 0 Å². The third-order valence-corrected chi connectivity index (χ3v) is 8.81. The van der Waals surface area contributed by atoms with Gasteiger partial charge in [0.25, 0.3) is 0 Å². The van der Waals surface area contributed by atoms with Gasteiger partial charge in [0.05, 0.1) is 40.5 Å². The molecule has 5 heteroatoms. The minimum atomic E-state index is 0.844. The molecule has 5 rings (SSSR count). The summed E-state index contributed by atoms with van der Waals surface area (Å²) >= 11 is 0. The van der Waals surface area contributed by atoms with E-state index in [9.17, 15) is 5.11 Å². The lowest BCUT2D eigenvalue weighted by Gasteiger charge is -2.07. The Labute approximate surface area is 250 Å². The van der Waals surface area contributed by atoms with Crippen molar-refractivity contribution < 1.29 is 5.11 Å². The second kappa shape index (κ2) is 12.5. The highest BCUT2D eigenvalue weighted by Gasteiger charge is 2.27. The molecule has 0 saturated carbocycles. The fourth-order valence-electron chi connectivity index (χ4n) is 6.88. The van der Waals surface area contributed by atoms with Gasteiger partial charge < -0.3 is 10.1 Å². The third kappa shape index (κ3) is 4.99. The lowest BCUT2D eigenvalue weighted by Crippen LogP contribution is -2.26. The molecule has 2 N–H and O–H groups in total. The minimum Gasteiger partial charge on any atom is -0.516 e. The molecule has 0 atom stereocenters. The zero-order chi connectivity index (χ0) is 30.0. The number of H-pyrrole nitrogens is 1. The summed E-state index contributed by atoms with van der Waals surface area (Å²) in [4.78, 5) is 19.5. The summed E-state index contributed by atoms with van der Waals surface area (Å²) < 4.78 is 0. The Morgan fingerprint density at radius 2 is 1.00 bits per heavy atom. The number of hydrogen-bond acceptors (Lipinski definition) is 4. The van der Waals surface area contributed by atoms with E-state index in [2.05, 4.69) is 77.8 Å². The van der Waals surface area contributed by atoms with Gasteiger partial charge in [0, 0.05) is 16.3 Å². The minimum absolute atomic E-state index is 0.844. The van der Waals surface area contributed by atoms with Crippen LogP contribution in [-0.2, 0) is 6.42 Å². The lowest BCUT2D eigenvalue weighted by molar-refractivity contribution is 0.474. The van der Waals surface area contributed by atoms with E-state index in [1.807, 2.05) is 6.08 Å². The van der Waals surface area contributed by atoms with E-state index in [1.165, 1.54) is 39.0 Å². The summed E-state index contributed by atoms with van der Waals surface area (Å²) in [5, 5.41) is 11.6. The maximum absolute atomic E-state index is 9.53. The van der Waals surface area contributed by atoms with Crippen molar-refractivity contribution in [1.82, 2.24) is 4.98 Å². The zero-order valence-corrected chi connectivity index (χ0v) is 26.3. The summed E-state index contributed by atoms with van der Waals surface area (Å²) in [6.45, 7) is 15.5. The molecule has 5 heterocycles. The Bertz CT molecular complexity index is 1750. The molecule has 0 spiro atoms. The summed E-state index contributed by atoms with van der Waals surface area (Å²) in [7, 11) is 0. The van der Waals surface area contributed by atoms with Crippen LogP contribution in [0.2, 0.25) is 0 Å². The molecule has 0 saturated heterocycles. The standard InChI is InChI=1S/C37H44N4O/c1-8-22-23(9-2)31-19-33-26(12-5)27(13-6)35(40-33)21-37-29(16-15-17-42)28(14-7)36(41-37)20-34-25(11-4)24(10-3)32(39-34)18-30(22)38-31/h15-21,41-42H,8-14H2,1-7H3/b17-15+,29-16-,30-18?,33-19?,34-20?,37-21?. The number of nitrogens with one attached hydrogen (secondary N) is 1. The normalized spacial score (nSPS) is 19.0. The molecule has 0 fully saturated rings. The molecule has 42 heavy (non-hydrogen) atoms. The number of fused-ring (bicyclic) bond motifs is 5. The van der Waals surface area contributed by atoms with Gasteiger partial charge in [-0.1, -0.05) is 48.5 Å². The van der Waals surface area contributed by atoms with E-state index in [1.54, 1.807) is 6.08 Å². The molecular weight excluding hydrogens is 516 g/mol. The van der Waals surface area contributed by atoms with Crippen LogP contribution >= 0.6 is 0 Å². The van der Waals surface area contributed by atoms with Gasteiger partial charge in [-0.2, -0.15) is 0 Å². The van der Waals surface area contributed by atoms with Crippen molar-refractivity contribution in [2.45, 2.75) is 93.4 Å². The number of aliphatic hydroxyl groups excluding tert-OH is 1. The third-order valence-electron chi connectivity index (χ3n) is 8.81. The van der Waals surface area contributed by atoms with E-state index in [0.717, 1.165) is 102 Å². The van der Waals surface area contributed by atoms with Gasteiger partial charge in [-0.25, -0.2) is 15.0 Å². The molecular formula is C37H44N4O. The van der Waals surface area contributed by atoms with E-state index in [0.29, 0.717) is 0 Å². The SMILES string of the molecule is CCC1=C(CC)C2=NC1=CC1=NC(=Cc3[nH]c(/c(=C\C=C\O)c3CC)=CC3=NC(=C2)C(CC)=C3CC)C(CC)=C1CC. The summed E-state index contributed by atoms with van der Waals surface area (Å²) in [6.07, 6.45) is 20.0. The second-order valence-corrected chi connectivity index (χ2v) is 10.9. The highest BCUT2D eigenvalue weighted by Crippen LogP contribution is 2.37. The van der Waals surface area contributed by atoms with Crippen LogP contribution < -0.4 is 10.6 Å². The highest BCUT2D eigenvalue weighted by atomic mass is 16.2. The number of rotatable bonds is 8. The molecule has 8 bridgehead atoms. The zero-order valence-electron chi connectivity index (χ0n) is 26.3. The Balaban J connectivity index is 1.92. The van der Waals surface area contributed by atoms with Crippen molar-refractivity contribution in [2.24, 2.45) is 15.0 Å². The fraction of sp³-hybridized carbons (Fsp3) is 0.378. The summed E-state index contributed by atoms with van der Waals surface area (Å²) in [5.74, 6) is 0. The summed E-state index contributed by atoms with van der Waals surface area (Å²) in [6, 6.07) is 0. The number of nitrogens with zero attached hydrogens (tertiary/aromatic N) is 3. The lowest BCUT2D eigenvalue weighted by atomic mass is 9.95. The molecule has 0 amide bonds. The van der Waals surface area contributed by atoms with Crippen LogP contribution in [-0.4, -0.2) is 27.2 Å². The highest BCUT2D eigenvalue weighted by molar-refractivity contribution is 6.24. The summed E-state index contributed by atoms with van der Waals surface area (Å²) in [5.41, 5.74) is 16.2. The monoisotopic (exact) mass is 560 g/mol. The first-order chi connectivity index (χ1) is 20.5. The van der Waals surface area contributed by atoms with Gasteiger partial charge in [-0.15, -0.1) is 0 Å². The Hall–Kier alpha value is -3.99. The van der Waals surface area contributed by atoms with Gasteiger partial charge in [0.2, 0.25) is 0 Å². The number of aromatic nitrogens is 1. The number of aliphatic imine (C=N–C) groups is 3. The maximum atomic E-state index is 9.53. The molecule has 1 aromatic rings. The first-order valence-electron chi connectivity index (χ1n) is 15.8. The van der Waals surface area contributed by atoms with E-state index >= 15 is 0 Å². The quantitative estimate of drug-likeness (QED) is 0.310. The van der Waals surface area contributed by atoms with Gasteiger partial charge >= 0.3 is 0 Å². The van der Waals surface area contributed by atoms with Crippen molar-refractivity contribution >= 4 is 35.4 Å². The van der Waals surface area contributed by atoms with E-state index in [-0.39, 0.29) is 0 Å². The molecule has 1 aromatic heterocycles. The molecule has 218 valence electrons. The molecule has 0 aromatic carbocycles. The smallest absolute Gasteiger partial charge is 0.0791 e. The van der Waals surface area contributed by atoms with Gasteiger partial charge in [-0.05, 0) is 120 Å². The number of aromatic amines is 1. The van der Waals surface area contributed by atoms with Crippen LogP contribution in [0.4, 0.5) is 0 Å².